The van der Waals surface area contributed by atoms with Gasteiger partial charge in [-0.3, -0.25) is 15.1 Å². The molecule has 2 heterocycles. The molecule has 0 atom stereocenters. The highest BCUT2D eigenvalue weighted by Crippen LogP contribution is 2.34. The number of guanidine groups is 1. The Bertz CT molecular complexity index is 1050. The lowest BCUT2D eigenvalue weighted by Gasteiger charge is -2.13. The van der Waals surface area contributed by atoms with Gasteiger partial charge in [-0.25, -0.2) is 4.99 Å². The summed E-state index contributed by atoms with van der Waals surface area (Å²) in [5.74, 6) is 1.44. The zero-order chi connectivity index (χ0) is 20.1. The fourth-order valence-corrected chi connectivity index (χ4v) is 2.85. The van der Waals surface area contributed by atoms with Gasteiger partial charge in [0.15, 0.2) is 11.5 Å². The second kappa shape index (κ2) is 8.43. The molecular formula is C22H20N4O3. The highest BCUT2D eigenvalue weighted by atomic mass is 16.7. The van der Waals surface area contributed by atoms with E-state index in [1.165, 1.54) is 0 Å². The van der Waals surface area contributed by atoms with Crippen LogP contribution in [0.5, 0.6) is 11.5 Å². The molecule has 1 aliphatic heterocycles. The SMILES string of the molecule is Cc1cccc(C(=O)NC(=NCc2ccncc2)Nc2ccc3c(c2)OCO3)c1. The van der Waals surface area contributed by atoms with Gasteiger partial charge in [-0.1, -0.05) is 17.7 Å². The summed E-state index contributed by atoms with van der Waals surface area (Å²) < 4.78 is 10.8. The van der Waals surface area contributed by atoms with Crippen LogP contribution in [0, 0.1) is 6.92 Å². The highest BCUT2D eigenvalue weighted by Gasteiger charge is 2.15. The van der Waals surface area contributed by atoms with Crippen LogP contribution >= 0.6 is 0 Å². The van der Waals surface area contributed by atoms with Crippen LogP contribution in [-0.2, 0) is 6.54 Å². The lowest BCUT2D eigenvalue weighted by Crippen LogP contribution is -2.36. The van der Waals surface area contributed by atoms with Crippen molar-refractivity contribution in [1.82, 2.24) is 10.3 Å². The van der Waals surface area contributed by atoms with E-state index in [1.54, 1.807) is 18.5 Å². The minimum Gasteiger partial charge on any atom is -0.454 e. The first-order valence-corrected chi connectivity index (χ1v) is 9.15. The maximum Gasteiger partial charge on any atom is 0.257 e. The number of aryl methyl sites for hydroxylation is 1. The molecule has 0 aliphatic carbocycles. The van der Waals surface area contributed by atoms with Crippen molar-refractivity contribution in [2.45, 2.75) is 13.5 Å². The summed E-state index contributed by atoms with van der Waals surface area (Å²) in [4.78, 5) is 21.3. The number of fused-ring (bicyclic) bond motifs is 1. The van der Waals surface area contributed by atoms with E-state index in [-0.39, 0.29) is 12.7 Å². The number of hydrogen-bond acceptors (Lipinski definition) is 5. The van der Waals surface area contributed by atoms with E-state index in [0.29, 0.717) is 29.6 Å². The number of aromatic nitrogens is 1. The smallest absolute Gasteiger partial charge is 0.257 e. The molecule has 7 nitrogen and oxygen atoms in total. The number of anilines is 1. The van der Waals surface area contributed by atoms with Gasteiger partial charge < -0.3 is 14.8 Å². The molecule has 0 saturated carbocycles. The van der Waals surface area contributed by atoms with Crippen molar-refractivity contribution < 1.29 is 14.3 Å². The topological polar surface area (TPSA) is 84.8 Å². The predicted molar refractivity (Wildman–Crippen MR) is 110 cm³/mol. The molecular weight excluding hydrogens is 368 g/mol. The molecule has 1 aromatic heterocycles. The number of amides is 1. The summed E-state index contributed by atoms with van der Waals surface area (Å²) in [6.45, 7) is 2.54. The van der Waals surface area contributed by atoms with E-state index in [1.807, 2.05) is 55.5 Å². The molecule has 0 radical (unpaired) electrons. The van der Waals surface area contributed by atoms with E-state index in [4.69, 9.17) is 9.47 Å². The van der Waals surface area contributed by atoms with Gasteiger partial charge in [-0.05, 0) is 48.9 Å². The van der Waals surface area contributed by atoms with Crippen LogP contribution in [0.4, 0.5) is 5.69 Å². The van der Waals surface area contributed by atoms with Crippen LogP contribution in [0.1, 0.15) is 21.5 Å². The summed E-state index contributed by atoms with van der Waals surface area (Å²) in [6.07, 6.45) is 3.42. The highest BCUT2D eigenvalue weighted by molar-refractivity contribution is 6.10. The molecule has 0 fully saturated rings. The van der Waals surface area contributed by atoms with E-state index >= 15 is 0 Å². The van der Waals surface area contributed by atoms with E-state index < -0.39 is 0 Å². The maximum atomic E-state index is 12.7. The third-order valence-electron chi connectivity index (χ3n) is 4.32. The lowest BCUT2D eigenvalue weighted by molar-refractivity contribution is 0.0977. The third-order valence-corrected chi connectivity index (χ3v) is 4.32. The number of ether oxygens (including phenoxy) is 2. The zero-order valence-electron chi connectivity index (χ0n) is 15.9. The molecule has 0 spiro atoms. The van der Waals surface area contributed by atoms with Gasteiger partial charge in [0.25, 0.3) is 5.91 Å². The number of aliphatic imine (C=N–C) groups is 1. The quantitative estimate of drug-likeness (QED) is 0.528. The monoisotopic (exact) mass is 388 g/mol. The normalized spacial score (nSPS) is 12.5. The van der Waals surface area contributed by atoms with Crippen molar-refractivity contribution in [3.8, 4) is 11.5 Å². The number of rotatable bonds is 4. The minimum atomic E-state index is -0.240. The van der Waals surface area contributed by atoms with Crippen molar-refractivity contribution in [1.29, 1.82) is 0 Å². The van der Waals surface area contributed by atoms with E-state index in [2.05, 4.69) is 20.6 Å². The Morgan fingerprint density at radius 2 is 1.90 bits per heavy atom. The van der Waals surface area contributed by atoms with Crippen LogP contribution in [0.25, 0.3) is 0 Å². The van der Waals surface area contributed by atoms with Crippen LogP contribution < -0.4 is 20.1 Å². The van der Waals surface area contributed by atoms with Crippen molar-refractivity contribution in [2.75, 3.05) is 12.1 Å². The number of nitrogens with one attached hydrogen (secondary N) is 2. The minimum absolute atomic E-state index is 0.200. The molecule has 29 heavy (non-hydrogen) atoms. The van der Waals surface area contributed by atoms with Crippen molar-refractivity contribution in [2.24, 2.45) is 4.99 Å². The standard InChI is InChI=1S/C22H20N4O3/c1-15-3-2-4-17(11-15)21(27)26-22(24-13-16-7-9-23-10-8-16)25-18-5-6-19-20(12-18)29-14-28-19/h2-12H,13-14H2,1H3,(H2,24,25,26,27). The van der Waals surface area contributed by atoms with Crippen molar-refractivity contribution >= 4 is 17.6 Å². The summed E-state index contributed by atoms with van der Waals surface area (Å²) in [5.41, 5.74) is 3.29. The van der Waals surface area contributed by atoms with Crippen molar-refractivity contribution in [3.63, 3.8) is 0 Å². The molecule has 4 rings (SSSR count). The van der Waals surface area contributed by atoms with Crippen LogP contribution in [-0.4, -0.2) is 23.6 Å². The Kier molecular flexibility index (Phi) is 5.38. The number of carbonyl (C=O) groups is 1. The van der Waals surface area contributed by atoms with Gasteiger partial charge >= 0.3 is 0 Å². The van der Waals surface area contributed by atoms with Gasteiger partial charge in [0.2, 0.25) is 12.8 Å². The molecule has 0 bridgehead atoms. The molecule has 7 heteroatoms. The van der Waals surface area contributed by atoms with E-state index in [0.717, 1.165) is 16.8 Å². The first-order chi connectivity index (χ1) is 14.2. The molecule has 146 valence electrons. The summed E-state index contributed by atoms with van der Waals surface area (Å²) >= 11 is 0. The Hall–Kier alpha value is -3.87. The number of carbonyl (C=O) groups excluding carboxylic acids is 1. The molecule has 1 aliphatic rings. The Balaban J connectivity index is 1.55. The van der Waals surface area contributed by atoms with Gasteiger partial charge in [-0.15, -0.1) is 0 Å². The average molecular weight is 388 g/mol. The lowest BCUT2D eigenvalue weighted by atomic mass is 10.1. The Morgan fingerprint density at radius 3 is 2.72 bits per heavy atom. The van der Waals surface area contributed by atoms with Gasteiger partial charge in [0.05, 0.1) is 6.54 Å². The van der Waals surface area contributed by atoms with Crippen molar-refractivity contribution in [3.05, 3.63) is 83.7 Å². The molecule has 1 amide bonds. The number of pyridine rings is 1. The third kappa shape index (κ3) is 4.70. The van der Waals surface area contributed by atoms with Crippen LogP contribution in [0.15, 0.2) is 72.0 Å². The van der Waals surface area contributed by atoms with Gasteiger partial charge in [0.1, 0.15) is 0 Å². The van der Waals surface area contributed by atoms with Gasteiger partial charge in [0, 0.05) is 29.7 Å². The predicted octanol–water partition coefficient (Wildman–Crippen LogP) is 3.52. The molecule has 2 N–H and O–H groups in total. The van der Waals surface area contributed by atoms with Gasteiger partial charge in [-0.2, -0.15) is 0 Å². The Labute approximate surface area is 168 Å². The fourth-order valence-electron chi connectivity index (χ4n) is 2.85. The number of nitrogens with zero attached hydrogens (tertiary/aromatic N) is 2. The molecule has 0 unspecified atom stereocenters. The molecule has 0 saturated heterocycles. The van der Waals surface area contributed by atoms with Crippen LogP contribution in [0.3, 0.4) is 0 Å². The summed E-state index contributed by atoms with van der Waals surface area (Å²) in [5, 5.41) is 6.02. The number of benzene rings is 2. The first-order valence-electron chi connectivity index (χ1n) is 9.15. The van der Waals surface area contributed by atoms with E-state index in [9.17, 15) is 4.79 Å². The summed E-state index contributed by atoms with van der Waals surface area (Å²) in [7, 11) is 0. The Morgan fingerprint density at radius 1 is 1.07 bits per heavy atom. The second-order valence-electron chi connectivity index (χ2n) is 6.54. The van der Waals surface area contributed by atoms with Crippen LogP contribution in [0.2, 0.25) is 0 Å². The maximum absolute atomic E-state index is 12.7. The second-order valence-corrected chi connectivity index (χ2v) is 6.54. The largest absolute Gasteiger partial charge is 0.454 e. The molecule has 3 aromatic rings. The first kappa shape index (κ1) is 18.5. The number of hydrogen-bond donors (Lipinski definition) is 2. The zero-order valence-corrected chi connectivity index (χ0v) is 15.9. The fraction of sp³-hybridized carbons (Fsp3) is 0.136. The molecule has 2 aromatic carbocycles. The average Bonchev–Trinajstić information content (AvgIpc) is 3.20. The summed E-state index contributed by atoms with van der Waals surface area (Å²) in [6, 6.07) is 16.6.